The summed E-state index contributed by atoms with van der Waals surface area (Å²) in [6.07, 6.45) is 19.2. The SMILES string of the molecule is C=CC(=O)CCCCCCCOc1ccc(C(=O)O)cc1.C=CC(=O)OCCCCCCOc1ccc(OC(=O)c2ccc(N3C(=O)C4=C(c5ccc(C(C)(C)C)cc5)N(c5ccc(OOCC6CCC(OC(CCCCC)OC(=O)C=C)CC6)cc5)C(=O)C4=C3c3ccc(C(C)(C)C)cc3)cc2)cc1.CC(C)(C)c1ccc(C2=C3C(=O)N(c4ccc(O)cc4)C(c4ccc(C(C)(C)C)cc4)=C3C(=O)N2c2ccc(O)cc2)cc1. The summed E-state index contributed by atoms with van der Waals surface area (Å²) in [6, 6.07) is 71.8. The number of carboxylic acids is 1. The van der Waals surface area contributed by atoms with Gasteiger partial charge in [-0.15, -0.1) is 0 Å². The van der Waals surface area contributed by atoms with E-state index >= 15 is 9.59 Å². The van der Waals surface area contributed by atoms with Gasteiger partial charge in [0.15, 0.2) is 11.5 Å². The van der Waals surface area contributed by atoms with E-state index in [1.165, 1.54) is 48.6 Å². The maximum atomic E-state index is 15.5. The van der Waals surface area contributed by atoms with Crippen LogP contribution in [0.3, 0.4) is 0 Å². The average Bonchev–Trinajstić information content (AvgIpc) is 1.55. The van der Waals surface area contributed by atoms with Gasteiger partial charge >= 0.3 is 23.9 Å². The smallest absolute Gasteiger partial charge is 0.343 e. The molecule has 4 aliphatic heterocycles. The minimum absolute atomic E-state index is 0.0195. The Morgan fingerprint density at radius 2 is 0.711 bits per heavy atom. The first-order valence-corrected chi connectivity index (χ1v) is 51.5. The predicted octanol–water partition coefficient (Wildman–Crippen LogP) is 26.7. The molecule has 1 saturated carbocycles. The minimum atomic E-state index is -0.934. The number of benzene rings is 10. The highest BCUT2D eigenvalue weighted by Gasteiger charge is 2.52. The summed E-state index contributed by atoms with van der Waals surface area (Å²) in [5.41, 5.74) is 12.4. The van der Waals surface area contributed by atoms with Crippen LogP contribution in [0.15, 0.2) is 303 Å². The second kappa shape index (κ2) is 50.4. The van der Waals surface area contributed by atoms with Crippen molar-refractivity contribution in [2.75, 3.05) is 46.0 Å². The summed E-state index contributed by atoms with van der Waals surface area (Å²) < 4.78 is 34.0. The van der Waals surface area contributed by atoms with Gasteiger partial charge in [-0.25, -0.2) is 19.2 Å². The number of aromatic hydroxyl groups is 2. The van der Waals surface area contributed by atoms with Crippen LogP contribution in [-0.2, 0) is 74.3 Å². The number of carbonyl (C=O) groups excluding carboxylic acids is 8. The van der Waals surface area contributed by atoms with E-state index in [2.05, 4.69) is 110 Å². The Labute approximate surface area is 875 Å². The molecule has 1 fully saturated rings. The predicted molar refractivity (Wildman–Crippen MR) is 583 cm³/mol. The summed E-state index contributed by atoms with van der Waals surface area (Å²) in [7, 11) is 0. The Balaban J connectivity index is 0.000000234. The molecule has 4 amide bonds. The van der Waals surface area contributed by atoms with Gasteiger partial charge in [-0.05, 0) is 294 Å². The van der Waals surface area contributed by atoms with Crippen molar-refractivity contribution in [2.24, 2.45) is 5.92 Å². The number of anilines is 4. The number of nitrogens with zero attached hydrogens (tertiary/aromatic N) is 4. The number of ether oxygens (including phenoxy) is 6. The van der Waals surface area contributed by atoms with Crippen LogP contribution < -0.4 is 38.7 Å². The third-order valence-electron chi connectivity index (χ3n) is 26.8. The fraction of sp³-hybridized carbons (Fsp3) is 0.336. The third-order valence-corrected chi connectivity index (χ3v) is 26.8. The zero-order chi connectivity index (χ0) is 107. The number of fused-ring (bicyclic) bond motifs is 2. The second-order valence-electron chi connectivity index (χ2n) is 41.9. The lowest BCUT2D eigenvalue weighted by Crippen LogP contribution is -2.31. The number of phenolic OH excluding ortho intramolecular Hbond substituents is 2. The highest BCUT2D eigenvalue weighted by Crippen LogP contribution is 2.53. The molecule has 0 spiro atoms. The van der Waals surface area contributed by atoms with Gasteiger partial charge in [-0.1, -0.05) is 239 Å². The van der Waals surface area contributed by atoms with Gasteiger partial charge < -0.3 is 48.6 Å². The molecule has 4 heterocycles. The number of ketones is 1. The van der Waals surface area contributed by atoms with Crippen molar-refractivity contribution >= 4 is 98.8 Å². The van der Waals surface area contributed by atoms with Crippen LogP contribution in [0.2, 0.25) is 0 Å². The molecular weight excluding hydrogens is 1880 g/mol. The molecule has 149 heavy (non-hydrogen) atoms. The zero-order valence-electron chi connectivity index (χ0n) is 87.8. The molecule has 1 unspecified atom stereocenters. The Kier molecular flexibility index (Phi) is 37.5. The molecule has 10 aromatic rings. The van der Waals surface area contributed by atoms with E-state index in [1.807, 2.05) is 97.1 Å². The van der Waals surface area contributed by atoms with Crippen molar-refractivity contribution in [1.82, 2.24) is 0 Å². The normalized spacial score (nSPS) is 15.3. The number of aromatic carboxylic acids is 1. The van der Waals surface area contributed by atoms with Crippen molar-refractivity contribution in [3.8, 4) is 34.5 Å². The number of esters is 3. The van der Waals surface area contributed by atoms with Gasteiger partial charge in [0.25, 0.3) is 23.6 Å². The van der Waals surface area contributed by atoms with E-state index in [9.17, 15) is 43.8 Å². The van der Waals surface area contributed by atoms with E-state index < -0.39 is 36.1 Å². The molecule has 24 nitrogen and oxygen atoms in total. The van der Waals surface area contributed by atoms with Crippen LogP contribution >= 0.6 is 0 Å². The van der Waals surface area contributed by atoms with Crippen LogP contribution in [0.5, 0.6) is 34.5 Å². The van der Waals surface area contributed by atoms with Crippen LogP contribution in [0.1, 0.15) is 271 Å². The number of hydrogen-bond acceptors (Lipinski definition) is 19. The lowest BCUT2D eigenvalue weighted by atomic mass is 9.86. The summed E-state index contributed by atoms with van der Waals surface area (Å²) in [6.45, 7) is 40.0. The minimum Gasteiger partial charge on any atom is -0.508 e. The number of unbranched alkanes of at least 4 members (excludes halogenated alkanes) is 9. The maximum Gasteiger partial charge on any atom is 0.343 e. The summed E-state index contributed by atoms with van der Waals surface area (Å²) >= 11 is 0. The number of hydrogen-bond donors (Lipinski definition) is 3. The molecule has 24 heteroatoms. The lowest BCUT2D eigenvalue weighted by molar-refractivity contribution is -0.222. The van der Waals surface area contributed by atoms with Crippen molar-refractivity contribution in [3.63, 3.8) is 0 Å². The Morgan fingerprint density at radius 1 is 0.376 bits per heavy atom. The second-order valence-corrected chi connectivity index (χ2v) is 41.9. The van der Waals surface area contributed by atoms with Gasteiger partial charge in [0, 0.05) is 47.7 Å². The van der Waals surface area contributed by atoms with E-state index in [1.54, 1.807) is 129 Å². The molecule has 1 atom stereocenters. The maximum absolute atomic E-state index is 15.5. The van der Waals surface area contributed by atoms with Crippen molar-refractivity contribution in [3.05, 3.63) is 359 Å². The van der Waals surface area contributed by atoms with E-state index in [4.69, 9.17) is 43.3 Å². The van der Waals surface area contributed by atoms with E-state index in [-0.39, 0.29) is 91.0 Å². The third kappa shape index (κ3) is 28.6. The number of phenols is 2. The number of amides is 4. The molecule has 10 aromatic carbocycles. The molecule has 0 saturated heterocycles. The Morgan fingerprint density at radius 3 is 1.07 bits per heavy atom. The highest BCUT2D eigenvalue weighted by atomic mass is 17.2. The summed E-state index contributed by atoms with van der Waals surface area (Å²) in [4.78, 5) is 137. The fourth-order valence-electron chi connectivity index (χ4n) is 18.2. The standard InChI is InChI=1S/C70H80N2O12.C38H36N2O4.C17H22O4/c1-10-13-16-19-61(83-60(74)12-3)81-56-36-20-47(21-37-56)46-80-84-58-38-34-54(35-39-58)72-65(49-24-30-52(31-25-49)70(7,8)9)63-62(67(72)76)64(48-22-28-51(29-23-48)69(4,5)6)71(66(63)75)53-32-26-50(27-33-53)68(77)82-57-42-40-55(41-43-57)78-44-17-14-15-18-45-79-59(73)11-2;1-37(2,3)25-11-7-23(8-12-25)33-31-32(36(44)39(33)27-15-19-29(41)20-16-27)34(24-9-13-26(14-10-24)38(4,5)6)40(35(31)43)28-17-21-30(42)22-18-28;1-2-15(18)8-6-4-3-5-7-13-21-16-11-9-14(10-12-16)17(19)20/h11-12,22-35,38-43,47,56,61H,2-3,10,13-21,36-37,44-46H2,1,4-9H3;7-22,41-42H,1-6H3;2,9-12H,1,3-8,13H2,(H,19,20). The molecule has 0 aromatic heterocycles. The number of allylic oxidation sites excluding steroid dienone is 1. The molecule has 0 radical (unpaired) electrons. The van der Waals surface area contributed by atoms with E-state index in [0.29, 0.717) is 130 Å². The first kappa shape index (κ1) is 111. The topological polar surface area (TPSA) is 301 Å². The quantitative estimate of drug-likeness (QED) is 0.00609. The Bertz CT molecular complexity index is 6420. The molecule has 778 valence electrons. The van der Waals surface area contributed by atoms with Gasteiger partial charge in [0.1, 0.15) is 28.7 Å². The monoisotopic (exact) mass is 2010 g/mol. The largest absolute Gasteiger partial charge is 0.508 e. The van der Waals surface area contributed by atoms with Gasteiger partial charge in [-0.2, -0.15) is 4.89 Å². The van der Waals surface area contributed by atoms with Crippen LogP contribution in [-0.4, -0.2) is 107 Å². The molecule has 3 N–H and O–H groups in total. The van der Waals surface area contributed by atoms with E-state index in [0.717, 1.165) is 142 Å². The highest BCUT2D eigenvalue weighted by molar-refractivity contribution is 6.43. The zero-order valence-corrected chi connectivity index (χ0v) is 87.8. The lowest BCUT2D eigenvalue weighted by Gasteiger charge is -2.30. The fourth-order valence-corrected chi connectivity index (χ4v) is 18.2. The van der Waals surface area contributed by atoms with Crippen molar-refractivity contribution < 1.29 is 96.7 Å². The summed E-state index contributed by atoms with van der Waals surface area (Å²) in [5, 5.41) is 28.8. The van der Waals surface area contributed by atoms with Gasteiger partial charge in [0.2, 0.25) is 6.29 Å². The first-order chi connectivity index (χ1) is 71.2. The van der Waals surface area contributed by atoms with Crippen LogP contribution in [0.25, 0.3) is 22.8 Å². The molecule has 5 aliphatic rings. The van der Waals surface area contributed by atoms with Gasteiger partial charge in [0.05, 0.1) is 88.7 Å². The number of carbonyl (C=O) groups is 9. The molecular formula is C125H138N4O20. The van der Waals surface area contributed by atoms with Crippen LogP contribution in [0.4, 0.5) is 22.7 Å². The first-order valence-electron chi connectivity index (χ1n) is 51.5. The van der Waals surface area contributed by atoms with Crippen molar-refractivity contribution in [1.29, 1.82) is 0 Å². The average molecular weight is 2020 g/mol. The van der Waals surface area contributed by atoms with Crippen LogP contribution in [0, 0.1) is 5.92 Å². The number of rotatable bonds is 42. The molecule has 0 bridgehead atoms. The number of carboxylic acid groups (broad SMARTS) is 1. The molecule has 1 aliphatic carbocycles. The Hall–Kier alpha value is -15.3. The van der Waals surface area contributed by atoms with Gasteiger partial charge in [-0.3, -0.25) is 43.6 Å². The van der Waals surface area contributed by atoms with Crippen molar-refractivity contribution in [2.45, 2.75) is 240 Å². The summed E-state index contributed by atoms with van der Waals surface area (Å²) in [5.74, 6) is -1.21. The molecule has 15 rings (SSSR count).